The predicted molar refractivity (Wildman–Crippen MR) is 81.3 cm³/mol. The van der Waals surface area contributed by atoms with Crippen LogP contribution in [0, 0.1) is 6.92 Å². The van der Waals surface area contributed by atoms with Gasteiger partial charge >= 0.3 is 0 Å². The minimum Gasteiger partial charge on any atom is -0.367 e. The summed E-state index contributed by atoms with van der Waals surface area (Å²) in [5, 5.41) is 3.47. The van der Waals surface area contributed by atoms with Crippen molar-refractivity contribution in [2.75, 3.05) is 10.7 Å². The molecule has 0 aromatic carbocycles. The van der Waals surface area contributed by atoms with E-state index in [-0.39, 0.29) is 5.92 Å². The number of nitrogens with zero attached hydrogens (tertiary/aromatic N) is 2. The summed E-state index contributed by atoms with van der Waals surface area (Å²) in [5.41, 5.74) is 3.62. The van der Waals surface area contributed by atoms with Crippen LogP contribution in [0.5, 0.6) is 0 Å². The summed E-state index contributed by atoms with van der Waals surface area (Å²) in [6.07, 6.45) is 3.57. The lowest BCUT2D eigenvalue weighted by atomic mass is 10.1. The zero-order valence-corrected chi connectivity index (χ0v) is 12.7. The zero-order chi connectivity index (χ0) is 14.4. The van der Waals surface area contributed by atoms with E-state index in [1.165, 1.54) is 12.8 Å². The fourth-order valence-electron chi connectivity index (χ4n) is 1.89. The van der Waals surface area contributed by atoms with Crippen LogP contribution in [0.25, 0.3) is 0 Å². The van der Waals surface area contributed by atoms with E-state index in [9.17, 15) is 0 Å². The van der Waals surface area contributed by atoms with Gasteiger partial charge in [0.25, 0.3) is 0 Å². The Morgan fingerprint density at radius 3 is 2.32 bits per heavy atom. The van der Waals surface area contributed by atoms with Crippen molar-refractivity contribution in [2.45, 2.75) is 65.8 Å². The van der Waals surface area contributed by atoms with Crippen molar-refractivity contribution in [1.82, 2.24) is 9.97 Å². The number of unbranched alkanes of at least 4 members (excludes halogenated alkanes) is 1. The lowest BCUT2D eigenvalue weighted by Gasteiger charge is -2.19. The summed E-state index contributed by atoms with van der Waals surface area (Å²) in [7, 11) is 0. The van der Waals surface area contributed by atoms with Gasteiger partial charge in [-0.25, -0.2) is 15.8 Å². The van der Waals surface area contributed by atoms with E-state index in [0.29, 0.717) is 11.9 Å². The molecule has 0 aliphatic rings. The number of hydrazine groups is 1. The SMILES string of the molecule is CCCCC(C)Nc1nc(C(C)C)nc(NN)c1C. The fourth-order valence-corrected chi connectivity index (χ4v) is 1.89. The molecule has 0 aliphatic heterocycles. The third-order valence-corrected chi connectivity index (χ3v) is 3.19. The van der Waals surface area contributed by atoms with Gasteiger partial charge in [-0.15, -0.1) is 0 Å². The molecule has 4 N–H and O–H groups in total. The zero-order valence-electron chi connectivity index (χ0n) is 12.7. The van der Waals surface area contributed by atoms with E-state index in [0.717, 1.165) is 23.6 Å². The maximum atomic E-state index is 5.53. The average Bonchev–Trinajstić information content (AvgIpc) is 2.38. The standard InChI is InChI=1S/C14H27N5/c1-6-7-8-10(4)16-13-11(5)14(19-15)18-12(17-13)9(2)3/h9-10H,6-8,15H2,1-5H3,(H2,16,17,18,19). The summed E-state index contributed by atoms with van der Waals surface area (Å²) in [5.74, 6) is 8.20. The smallest absolute Gasteiger partial charge is 0.148 e. The number of hydrogen-bond acceptors (Lipinski definition) is 5. The summed E-state index contributed by atoms with van der Waals surface area (Å²) in [6.45, 7) is 10.5. The van der Waals surface area contributed by atoms with Crippen molar-refractivity contribution in [1.29, 1.82) is 0 Å². The van der Waals surface area contributed by atoms with Crippen molar-refractivity contribution >= 4 is 11.6 Å². The molecule has 0 radical (unpaired) electrons. The molecule has 1 aromatic heterocycles. The van der Waals surface area contributed by atoms with Gasteiger partial charge in [0.2, 0.25) is 0 Å². The van der Waals surface area contributed by atoms with Gasteiger partial charge in [-0.05, 0) is 20.3 Å². The molecule has 1 aromatic rings. The number of nitrogens with two attached hydrogens (primary N) is 1. The molecule has 1 rings (SSSR count). The van der Waals surface area contributed by atoms with Crippen LogP contribution in [0.4, 0.5) is 11.6 Å². The van der Waals surface area contributed by atoms with Crippen LogP contribution < -0.4 is 16.6 Å². The Morgan fingerprint density at radius 1 is 1.16 bits per heavy atom. The van der Waals surface area contributed by atoms with Gasteiger partial charge < -0.3 is 10.7 Å². The Labute approximate surface area is 116 Å². The number of rotatable bonds is 7. The van der Waals surface area contributed by atoms with Gasteiger partial charge in [0, 0.05) is 17.5 Å². The van der Waals surface area contributed by atoms with Crippen LogP contribution in [-0.4, -0.2) is 16.0 Å². The Balaban J connectivity index is 2.94. The molecular weight excluding hydrogens is 238 g/mol. The number of hydrogen-bond donors (Lipinski definition) is 3. The Bertz CT molecular complexity index is 403. The topological polar surface area (TPSA) is 75.9 Å². The quantitative estimate of drug-likeness (QED) is 0.521. The largest absolute Gasteiger partial charge is 0.367 e. The second-order valence-electron chi connectivity index (χ2n) is 5.39. The van der Waals surface area contributed by atoms with Crippen LogP contribution >= 0.6 is 0 Å². The van der Waals surface area contributed by atoms with E-state index < -0.39 is 0 Å². The molecule has 1 atom stereocenters. The molecular formula is C14H27N5. The molecule has 108 valence electrons. The third kappa shape index (κ3) is 4.35. The van der Waals surface area contributed by atoms with Crippen LogP contribution in [-0.2, 0) is 0 Å². The van der Waals surface area contributed by atoms with E-state index in [1.54, 1.807) is 0 Å². The molecule has 0 bridgehead atoms. The molecule has 5 nitrogen and oxygen atoms in total. The van der Waals surface area contributed by atoms with Crippen LogP contribution in [0.3, 0.4) is 0 Å². The second kappa shape index (κ2) is 7.28. The second-order valence-corrected chi connectivity index (χ2v) is 5.39. The minimum absolute atomic E-state index is 0.277. The monoisotopic (exact) mass is 265 g/mol. The van der Waals surface area contributed by atoms with Gasteiger partial charge in [0.05, 0.1) is 0 Å². The van der Waals surface area contributed by atoms with Gasteiger partial charge in [0.15, 0.2) is 0 Å². The molecule has 0 aliphatic carbocycles. The lowest BCUT2D eigenvalue weighted by molar-refractivity contribution is 0.641. The average molecular weight is 265 g/mol. The molecule has 0 saturated carbocycles. The molecule has 1 unspecified atom stereocenters. The Hall–Kier alpha value is -1.36. The van der Waals surface area contributed by atoms with Crippen molar-refractivity contribution < 1.29 is 0 Å². The number of nitrogens with one attached hydrogen (secondary N) is 2. The summed E-state index contributed by atoms with van der Waals surface area (Å²) in [4.78, 5) is 9.04. The van der Waals surface area contributed by atoms with Crippen molar-refractivity contribution in [3.63, 3.8) is 0 Å². The van der Waals surface area contributed by atoms with Crippen molar-refractivity contribution in [3.05, 3.63) is 11.4 Å². The highest BCUT2D eigenvalue weighted by Crippen LogP contribution is 2.23. The van der Waals surface area contributed by atoms with Gasteiger partial charge in [0.1, 0.15) is 17.5 Å². The fraction of sp³-hybridized carbons (Fsp3) is 0.714. The lowest BCUT2D eigenvalue weighted by Crippen LogP contribution is -2.20. The highest BCUT2D eigenvalue weighted by molar-refractivity contribution is 5.57. The highest BCUT2D eigenvalue weighted by Gasteiger charge is 2.13. The first-order valence-electron chi connectivity index (χ1n) is 7.11. The van der Waals surface area contributed by atoms with Gasteiger partial charge in [-0.2, -0.15) is 0 Å². The maximum absolute atomic E-state index is 5.53. The van der Waals surface area contributed by atoms with Gasteiger partial charge in [-0.3, -0.25) is 0 Å². The molecule has 0 amide bonds. The van der Waals surface area contributed by atoms with Crippen molar-refractivity contribution in [3.8, 4) is 0 Å². The van der Waals surface area contributed by atoms with E-state index in [4.69, 9.17) is 5.84 Å². The first-order chi connectivity index (χ1) is 8.99. The molecule has 0 fully saturated rings. The number of nitrogen functional groups attached to an aromatic ring is 1. The third-order valence-electron chi connectivity index (χ3n) is 3.19. The van der Waals surface area contributed by atoms with Crippen LogP contribution in [0.15, 0.2) is 0 Å². The first kappa shape index (κ1) is 15.7. The Kier molecular flexibility index (Phi) is 6.02. The molecule has 0 saturated heterocycles. The molecule has 1 heterocycles. The van der Waals surface area contributed by atoms with Gasteiger partial charge in [-0.1, -0.05) is 33.6 Å². The highest BCUT2D eigenvalue weighted by atomic mass is 15.3. The summed E-state index contributed by atoms with van der Waals surface area (Å²) in [6, 6.07) is 0.402. The van der Waals surface area contributed by atoms with Crippen molar-refractivity contribution in [2.24, 2.45) is 5.84 Å². The molecule has 19 heavy (non-hydrogen) atoms. The van der Waals surface area contributed by atoms with Crippen LogP contribution in [0.1, 0.15) is 64.3 Å². The number of aromatic nitrogens is 2. The van der Waals surface area contributed by atoms with E-state index in [2.05, 4.69) is 48.4 Å². The Morgan fingerprint density at radius 2 is 1.79 bits per heavy atom. The predicted octanol–water partition coefficient (Wildman–Crippen LogP) is 3.18. The molecule has 0 spiro atoms. The molecule has 5 heteroatoms. The number of anilines is 2. The summed E-state index contributed by atoms with van der Waals surface area (Å²) < 4.78 is 0. The maximum Gasteiger partial charge on any atom is 0.148 e. The van der Waals surface area contributed by atoms with E-state index >= 15 is 0 Å². The summed E-state index contributed by atoms with van der Waals surface area (Å²) >= 11 is 0. The van der Waals surface area contributed by atoms with E-state index in [1.807, 2.05) is 6.92 Å². The minimum atomic E-state index is 0.277. The normalized spacial score (nSPS) is 12.6. The first-order valence-corrected chi connectivity index (χ1v) is 7.11. The van der Waals surface area contributed by atoms with Crippen LogP contribution in [0.2, 0.25) is 0 Å².